The van der Waals surface area contributed by atoms with Crippen LogP contribution in [-0.4, -0.2) is 5.97 Å². The monoisotopic (exact) mass is 260 g/mol. The van der Waals surface area contributed by atoms with E-state index in [0.29, 0.717) is 11.4 Å². The lowest BCUT2D eigenvalue weighted by atomic mass is 10.1. The van der Waals surface area contributed by atoms with E-state index in [0.717, 1.165) is 5.56 Å². The number of nitrogens with one attached hydrogen (secondary N) is 1. The molecule has 4 nitrogen and oxygen atoms in total. The van der Waals surface area contributed by atoms with E-state index in [4.69, 9.17) is 10.6 Å². The van der Waals surface area contributed by atoms with E-state index >= 15 is 0 Å². The summed E-state index contributed by atoms with van der Waals surface area (Å²) in [6, 6.07) is 12.5. The quantitative estimate of drug-likeness (QED) is 0.655. The Morgan fingerprint density at radius 3 is 2.63 bits per heavy atom. The van der Waals surface area contributed by atoms with Crippen LogP contribution in [-0.2, 0) is 16.1 Å². The Hall–Kier alpha value is -2.56. The van der Waals surface area contributed by atoms with Gasteiger partial charge in [0.1, 0.15) is 5.82 Å². The third-order valence-electron chi connectivity index (χ3n) is 2.43. The third kappa shape index (κ3) is 3.99. The number of nitrogens with two attached hydrogens (primary N) is 1. The highest BCUT2D eigenvalue weighted by atomic mass is 19.1. The van der Waals surface area contributed by atoms with Crippen molar-refractivity contribution in [3.05, 3.63) is 59.9 Å². The van der Waals surface area contributed by atoms with Gasteiger partial charge in [-0.15, -0.1) is 0 Å². The largest absolute Gasteiger partial charge is 0.399 e. The third-order valence-corrected chi connectivity index (χ3v) is 2.43. The van der Waals surface area contributed by atoms with Crippen LogP contribution < -0.4 is 11.2 Å². The Kier molecular flexibility index (Phi) is 3.97. The molecule has 0 amide bonds. The summed E-state index contributed by atoms with van der Waals surface area (Å²) in [5.41, 5.74) is 9.94. The number of anilines is 2. The number of hydrogen-bond donors (Lipinski definition) is 2. The van der Waals surface area contributed by atoms with Crippen molar-refractivity contribution >= 4 is 17.3 Å². The smallest absolute Gasteiger partial charge is 0.336 e. The minimum absolute atomic E-state index is 0.110. The molecule has 2 aromatic rings. The number of nitrogen functional groups attached to an aromatic ring is 1. The first kappa shape index (κ1) is 12.9. The number of carbonyl (C=O) groups is 1. The molecule has 0 heterocycles. The van der Waals surface area contributed by atoms with E-state index < -0.39 is 5.97 Å². The molecule has 0 aliphatic heterocycles. The fourth-order valence-electron chi connectivity index (χ4n) is 1.54. The first-order chi connectivity index (χ1) is 9.13. The second-order valence-corrected chi connectivity index (χ2v) is 4.00. The van der Waals surface area contributed by atoms with Crippen LogP contribution in [0.2, 0.25) is 0 Å². The van der Waals surface area contributed by atoms with Crippen LogP contribution in [0.4, 0.5) is 15.8 Å². The van der Waals surface area contributed by atoms with Gasteiger partial charge in [0.05, 0.1) is 12.1 Å². The van der Waals surface area contributed by atoms with Crippen molar-refractivity contribution in [2.75, 3.05) is 11.2 Å². The summed E-state index contributed by atoms with van der Waals surface area (Å²) in [4.78, 5) is 16.4. The molecule has 0 fully saturated rings. The van der Waals surface area contributed by atoms with Crippen LogP contribution in [0.25, 0.3) is 0 Å². The van der Waals surface area contributed by atoms with Crippen molar-refractivity contribution in [1.29, 1.82) is 0 Å². The molecule has 98 valence electrons. The lowest BCUT2D eigenvalue weighted by Crippen LogP contribution is -2.13. The van der Waals surface area contributed by atoms with Crippen LogP contribution >= 0.6 is 0 Å². The maximum Gasteiger partial charge on any atom is 0.336 e. The molecule has 0 aliphatic carbocycles. The lowest BCUT2D eigenvalue weighted by Gasteiger charge is -2.07. The summed E-state index contributed by atoms with van der Waals surface area (Å²) >= 11 is 0. The molecule has 0 radical (unpaired) electrons. The summed E-state index contributed by atoms with van der Waals surface area (Å²) in [5.74, 6) is -0.799. The predicted octanol–water partition coefficient (Wildman–Crippen LogP) is 2.52. The molecule has 5 heteroatoms. The molecule has 0 saturated carbocycles. The van der Waals surface area contributed by atoms with E-state index in [-0.39, 0.29) is 12.2 Å². The number of halogens is 1. The Balaban J connectivity index is 1.86. The van der Waals surface area contributed by atoms with Gasteiger partial charge in [0, 0.05) is 5.69 Å². The van der Waals surface area contributed by atoms with Gasteiger partial charge in [-0.25, -0.2) is 14.7 Å². The minimum Gasteiger partial charge on any atom is -0.399 e. The van der Waals surface area contributed by atoms with Gasteiger partial charge >= 0.3 is 5.97 Å². The van der Waals surface area contributed by atoms with Crippen molar-refractivity contribution in [1.82, 2.24) is 0 Å². The van der Waals surface area contributed by atoms with E-state index in [2.05, 4.69) is 5.48 Å². The fraction of sp³-hybridized carbons (Fsp3) is 0.0714. The Bertz CT molecular complexity index is 570. The van der Waals surface area contributed by atoms with Crippen molar-refractivity contribution in [2.45, 2.75) is 6.42 Å². The van der Waals surface area contributed by atoms with E-state index in [9.17, 15) is 9.18 Å². The standard InChI is InChI=1S/C14H13FN2O2/c15-11-4-6-13(7-5-11)17-19-14(18)9-10-2-1-3-12(16)8-10/h1-8,17H,9,16H2. The highest BCUT2D eigenvalue weighted by Crippen LogP contribution is 2.10. The number of hydrogen-bond acceptors (Lipinski definition) is 4. The van der Waals surface area contributed by atoms with Gasteiger partial charge in [0.15, 0.2) is 0 Å². The Morgan fingerprint density at radius 1 is 1.21 bits per heavy atom. The Labute approximate surface area is 110 Å². The molecule has 0 aromatic heterocycles. The molecule has 0 atom stereocenters. The Morgan fingerprint density at radius 2 is 1.95 bits per heavy atom. The topological polar surface area (TPSA) is 64.4 Å². The van der Waals surface area contributed by atoms with Crippen LogP contribution in [0.5, 0.6) is 0 Å². The molecular weight excluding hydrogens is 247 g/mol. The number of rotatable bonds is 4. The van der Waals surface area contributed by atoms with Crippen molar-refractivity contribution in [2.24, 2.45) is 0 Å². The summed E-state index contributed by atoms with van der Waals surface area (Å²) in [5, 5.41) is 0. The normalized spacial score (nSPS) is 9.95. The highest BCUT2D eigenvalue weighted by molar-refractivity contribution is 5.73. The first-order valence-electron chi connectivity index (χ1n) is 5.69. The molecule has 2 aromatic carbocycles. The van der Waals surface area contributed by atoms with Gasteiger partial charge in [-0.3, -0.25) is 0 Å². The van der Waals surface area contributed by atoms with Crippen LogP contribution in [0.1, 0.15) is 5.56 Å². The van der Waals surface area contributed by atoms with Crippen molar-refractivity contribution < 1.29 is 14.0 Å². The zero-order valence-electron chi connectivity index (χ0n) is 10.1. The highest BCUT2D eigenvalue weighted by Gasteiger charge is 2.05. The van der Waals surface area contributed by atoms with Crippen LogP contribution in [0.3, 0.4) is 0 Å². The average Bonchev–Trinajstić information content (AvgIpc) is 2.38. The van der Waals surface area contributed by atoms with Crippen molar-refractivity contribution in [3.8, 4) is 0 Å². The van der Waals surface area contributed by atoms with Gasteiger partial charge < -0.3 is 10.6 Å². The van der Waals surface area contributed by atoms with E-state index in [1.165, 1.54) is 24.3 Å². The van der Waals surface area contributed by atoms with Crippen LogP contribution in [0, 0.1) is 5.82 Å². The second kappa shape index (κ2) is 5.86. The zero-order valence-corrected chi connectivity index (χ0v) is 10.1. The van der Waals surface area contributed by atoms with Gasteiger partial charge in [-0.2, -0.15) is 0 Å². The summed E-state index contributed by atoms with van der Waals surface area (Å²) in [6.45, 7) is 0. The van der Waals surface area contributed by atoms with Gasteiger partial charge in [-0.1, -0.05) is 12.1 Å². The molecule has 19 heavy (non-hydrogen) atoms. The summed E-state index contributed by atoms with van der Waals surface area (Å²) < 4.78 is 12.7. The number of benzene rings is 2. The molecule has 0 bridgehead atoms. The maximum absolute atomic E-state index is 12.7. The molecule has 2 rings (SSSR count). The predicted molar refractivity (Wildman–Crippen MR) is 70.7 cm³/mol. The minimum atomic E-state index is -0.449. The lowest BCUT2D eigenvalue weighted by molar-refractivity contribution is -0.139. The maximum atomic E-state index is 12.7. The van der Waals surface area contributed by atoms with Crippen LogP contribution in [0.15, 0.2) is 48.5 Å². The van der Waals surface area contributed by atoms with Gasteiger partial charge in [0.2, 0.25) is 0 Å². The summed E-state index contributed by atoms with van der Waals surface area (Å²) in [7, 11) is 0. The first-order valence-corrected chi connectivity index (χ1v) is 5.69. The number of carbonyl (C=O) groups excluding carboxylic acids is 1. The molecule has 0 unspecified atom stereocenters. The second-order valence-electron chi connectivity index (χ2n) is 4.00. The molecule has 0 spiro atoms. The van der Waals surface area contributed by atoms with Crippen molar-refractivity contribution in [3.63, 3.8) is 0 Å². The zero-order chi connectivity index (χ0) is 13.7. The fourth-order valence-corrected chi connectivity index (χ4v) is 1.54. The van der Waals surface area contributed by atoms with Gasteiger partial charge in [0.25, 0.3) is 0 Å². The summed E-state index contributed by atoms with van der Waals surface area (Å²) in [6.07, 6.45) is 0.110. The molecular formula is C14H13FN2O2. The van der Waals surface area contributed by atoms with E-state index in [1.807, 2.05) is 0 Å². The van der Waals surface area contributed by atoms with Gasteiger partial charge in [-0.05, 0) is 42.0 Å². The molecule has 0 aliphatic rings. The molecule has 3 N–H and O–H groups in total. The SMILES string of the molecule is Nc1cccc(CC(=O)ONc2ccc(F)cc2)c1. The van der Waals surface area contributed by atoms with E-state index in [1.54, 1.807) is 24.3 Å². The average molecular weight is 260 g/mol. The molecule has 0 saturated heterocycles.